The monoisotopic (exact) mass is 390 g/mol. The summed E-state index contributed by atoms with van der Waals surface area (Å²) in [5, 5.41) is 0.623. The Balaban J connectivity index is 1.74. The first kappa shape index (κ1) is 20.6. The summed E-state index contributed by atoms with van der Waals surface area (Å²) >= 11 is 5.94. The van der Waals surface area contributed by atoms with Gasteiger partial charge in [0.1, 0.15) is 11.5 Å². The Hall–Kier alpha value is -2.73. The van der Waals surface area contributed by atoms with Gasteiger partial charge in [-0.05, 0) is 61.7 Å². The molecule has 0 fully saturated rings. The zero-order chi connectivity index (χ0) is 19.8. The quantitative estimate of drug-likeness (QED) is 0.712. The lowest BCUT2D eigenvalue weighted by atomic mass is 10.2. The normalized spacial score (nSPS) is 11.4. The van der Waals surface area contributed by atoms with E-state index in [1.165, 1.54) is 5.56 Å². The minimum Gasteiger partial charge on any atom is -0.484 e. The number of hydrogen-bond donors (Lipinski definition) is 2. The van der Waals surface area contributed by atoms with Crippen molar-refractivity contribution in [3.8, 4) is 11.5 Å². The highest BCUT2D eigenvalue weighted by Gasteiger charge is 2.15. The zero-order valence-corrected chi connectivity index (χ0v) is 16.3. The van der Waals surface area contributed by atoms with E-state index >= 15 is 0 Å². The maximum absolute atomic E-state index is 12.0. The molecule has 0 aliphatic rings. The van der Waals surface area contributed by atoms with E-state index < -0.39 is 17.9 Å². The molecule has 2 aromatic rings. The number of amides is 2. The minimum atomic E-state index is -0.766. The van der Waals surface area contributed by atoms with Crippen molar-refractivity contribution in [3.63, 3.8) is 0 Å². The third-order valence-electron chi connectivity index (χ3n) is 3.84. The molecule has 2 amide bonds. The van der Waals surface area contributed by atoms with Crippen LogP contribution in [0.1, 0.15) is 25.0 Å². The standard InChI is InChI=1S/C20H23ClN2O4/c1-4-15-5-7-16(8-6-15)27-14(3)20(25)23-22-19(24)12-26-17-9-10-18(21)13(2)11-17/h5-11,14H,4,12H2,1-3H3,(H,22,24)(H,23,25)/t14-/m0/s1. The summed E-state index contributed by atoms with van der Waals surface area (Å²) in [5.41, 5.74) is 6.64. The Labute approximate surface area is 163 Å². The Morgan fingerprint density at radius 1 is 1.07 bits per heavy atom. The second-order valence-corrected chi connectivity index (χ2v) is 6.40. The third-order valence-corrected chi connectivity index (χ3v) is 4.26. The first-order chi connectivity index (χ1) is 12.9. The molecule has 0 saturated carbocycles. The van der Waals surface area contributed by atoms with Crippen LogP contribution in [0.2, 0.25) is 5.02 Å². The summed E-state index contributed by atoms with van der Waals surface area (Å²) in [4.78, 5) is 23.8. The number of halogens is 1. The molecular formula is C20H23ClN2O4. The fourth-order valence-corrected chi connectivity index (χ4v) is 2.30. The molecule has 2 N–H and O–H groups in total. The van der Waals surface area contributed by atoms with Gasteiger partial charge in [0.2, 0.25) is 0 Å². The van der Waals surface area contributed by atoms with E-state index in [0.717, 1.165) is 12.0 Å². The van der Waals surface area contributed by atoms with Gasteiger partial charge in [-0.2, -0.15) is 0 Å². The van der Waals surface area contributed by atoms with Gasteiger partial charge in [-0.25, -0.2) is 0 Å². The van der Waals surface area contributed by atoms with Crippen molar-refractivity contribution < 1.29 is 19.1 Å². The lowest BCUT2D eigenvalue weighted by Crippen LogP contribution is -2.48. The van der Waals surface area contributed by atoms with E-state index in [1.807, 2.05) is 31.2 Å². The van der Waals surface area contributed by atoms with E-state index in [4.69, 9.17) is 21.1 Å². The van der Waals surface area contributed by atoms with Crippen molar-refractivity contribution in [1.82, 2.24) is 10.9 Å². The maximum Gasteiger partial charge on any atom is 0.279 e. The molecule has 1 atom stereocenters. The average Bonchev–Trinajstić information content (AvgIpc) is 2.67. The molecule has 0 bridgehead atoms. The first-order valence-electron chi connectivity index (χ1n) is 8.62. The van der Waals surface area contributed by atoms with Gasteiger partial charge >= 0.3 is 0 Å². The molecule has 0 unspecified atom stereocenters. The first-order valence-corrected chi connectivity index (χ1v) is 9.00. The van der Waals surface area contributed by atoms with Gasteiger partial charge in [0.25, 0.3) is 11.8 Å². The number of ether oxygens (including phenoxy) is 2. The van der Waals surface area contributed by atoms with Gasteiger partial charge in [-0.1, -0.05) is 30.7 Å². The van der Waals surface area contributed by atoms with Crippen LogP contribution < -0.4 is 20.3 Å². The highest BCUT2D eigenvalue weighted by molar-refractivity contribution is 6.31. The fraction of sp³-hybridized carbons (Fsp3) is 0.300. The molecule has 2 aromatic carbocycles. The summed E-state index contributed by atoms with van der Waals surface area (Å²) in [6.45, 7) is 5.26. The van der Waals surface area contributed by atoms with Crippen molar-refractivity contribution in [2.75, 3.05) is 6.61 Å². The Bertz CT molecular complexity index is 793. The van der Waals surface area contributed by atoms with Crippen LogP contribution in [0.5, 0.6) is 11.5 Å². The van der Waals surface area contributed by atoms with E-state index in [0.29, 0.717) is 16.5 Å². The fourth-order valence-electron chi connectivity index (χ4n) is 2.19. The summed E-state index contributed by atoms with van der Waals surface area (Å²) in [7, 11) is 0. The van der Waals surface area contributed by atoms with Crippen LogP contribution in [0.25, 0.3) is 0 Å². The van der Waals surface area contributed by atoms with Gasteiger partial charge in [0, 0.05) is 5.02 Å². The molecule has 6 nitrogen and oxygen atoms in total. The second kappa shape index (κ2) is 9.83. The molecule has 0 radical (unpaired) electrons. The Morgan fingerprint density at radius 2 is 1.74 bits per heavy atom. The Morgan fingerprint density at radius 3 is 2.37 bits per heavy atom. The van der Waals surface area contributed by atoms with Crippen LogP contribution in [0.3, 0.4) is 0 Å². The highest BCUT2D eigenvalue weighted by atomic mass is 35.5. The van der Waals surface area contributed by atoms with Crippen LogP contribution in [0.4, 0.5) is 0 Å². The predicted molar refractivity (Wildman–Crippen MR) is 104 cm³/mol. The molecular weight excluding hydrogens is 368 g/mol. The number of aryl methyl sites for hydroxylation is 2. The zero-order valence-electron chi connectivity index (χ0n) is 15.5. The summed E-state index contributed by atoms with van der Waals surface area (Å²) in [5.74, 6) is 0.147. The maximum atomic E-state index is 12.0. The molecule has 2 rings (SSSR count). The molecule has 0 saturated heterocycles. The van der Waals surface area contributed by atoms with Gasteiger partial charge in [-0.3, -0.25) is 20.4 Å². The average molecular weight is 391 g/mol. The van der Waals surface area contributed by atoms with Crippen molar-refractivity contribution in [2.24, 2.45) is 0 Å². The summed E-state index contributed by atoms with van der Waals surface area (Å²) in [6, 6.07) is 12.6. The number of hydrazine groups is 1. The summed E-state index contributed by atoms with van der Waals surface area (Å²) in [6.07, 6.45) is 0.164. The van der Waals surface area contributed by atoms with Gasteiger partial charge < -0.3 is 9.47 Å². The molecule has 0 spiro atoms. The van der Waals surface area contributed by atoms with E-state index in [-0.39, 0.29) is 6.61 Å². The van der Waals surface area contributed by atoms with Crippen LogP contribution in [0.15, 0.2) is 42.5 Å². The predicted octanol–water partition coefficient (Wildman–Crippen LogP) is 3.20. The summed E-state index contributed by atoms with van der Waals surface area (Å²) < 4.78 is 10.9. The number of carbonyl (C=O) groups excluding carboxylic acids is 2. The number of carbonyl (C=O) groups is 2. The molecule has 0 aromatic heterocycles. The smallest absolute Gasteiger partial charge is 0.279 e. The molecule has 7 heteroatoms. The van der Waals surface area contributed by atoms with Gasteiger partial charge in [0.05, 0.1) is 0 Å². The van der Waals surface area contributed by atoms with Crippen LogP contribution in [0, 0.1) is 6.92 Å². The van der Waals surface area contributed by atoms with Crippen molar-refractivity contribution >= 4 is 23.4 Å². The van der Waals surface area contributed by atoms with E-state index in [9.17, 15) is 9.59 Å². The van der Waals surface area contributed by atoms with E-state index in [1.54, 1.807) is 25.1 Å². The molecule has 0 aliphatic heterocycles. The number of benzene rings is 2. The number of nitrogens with one attached hydrogen (secondary N) is 2. The van der Waals surface area contributed by atoms with E-state index in [2.05, 4.69) is 17.8 Å². The SMILES string of the molecule is CCc1ccc(O[C@@H](C)C(=O)NNC(=O)COc2ccc(Cl)c(C)c2)cc1. The highest BCUT2D eigenvalue weighted by Crippen LogP contribution is 2.20. The van der Waals surface area contributed by atoms with Crippen molar-refractivity contribution in [2.45, 2.75) is 33.3 Å². The minimum absolute atomic E-state index is 0.241. The lowest BCUT2D eigenvalue weighted by molar-refractivity contribution is -0.133. The molecule has 0 heterocycles. The largest absolute Gasteiger partial charge is 0.484 e. The van der Waals surface area contributed by atoms with Gasteiger partial charge in [0.15, 0.2) is 12.7 Å². The van der Waals surface area contributed by atoms with Crippen LogP contribution >= 0.6 is 11.6 Å². The van der Waals surface area contributed by atoms with Crippen molar-refractivity contribution in [3.05, 3.63) is 58.6 Å². The Kier molecular flexibility index (Phi) is 7.49. The molecule has 144 valence electrons. The van der Waals surface area contributed by atoms with Gasteiger partial charge in [-0.15, -0.1) is 0 Å². The number of rotatable bonds is 7. The molecule has 27 heavy (non-hydrogen) atoms. The topological polar surface area (TPSA) is 76.7 Å². The second-order valence-electron chi connectivity index (χ2n) is 5.99. The number of hydrogen-bond acceptors (Lipinski definition) is 4. The van der Waals surface area contributed by atoms with Crippen LogP contribution in [-0.2, 0) is 16.0 Å². The third kappa shape index (κ3) is 6.49. The lowest BCUT2D eigenvalue weighted by Gasteiger charge is -2.15. The van der Waals surface area contributed by atoms with Crippen molar-refractivity contribution in [1.29, 1.82) is 0 Å². The molecule has 0 aliphatic carbocycles. The van der Waals surface area contributed by atoms with Crippen LogP contribution in [-0.4, -0.2) is 24.5 Å².